The topological polar surface area (TPSA) is 66.7 Å². The highest BCUT2D eigenvalue weighted by molar-refractivity contribution is 7.21. The highest BCUT2D eigenvalue weighted by Crippen LogP contribution is 2.37. The maximum absolute atomic E-state index is 12.7. The average Bonchev–Trinajstić information content (AvgIpc) is 3.27. The van der Waals surface area contributed by atoms with Crippen LogP contribution in [0.15, 0.2) is 12.1 Å². The Hall–Kier alpha value is -1.81. The lowest BCUT2D eigenvalue weighted by atomic mass is 10.1. The van der Waals surface area contributed by atoms with Gasteiger partial charge in [-0.3, -0.25) is 4.90 Å². The molecule has 0 saturated carbocycles. The molecule has 1 N–H and O–H groups in total. The molecule has 0 unspecified atom stereocenters. The van der Waals surface area contributed by atoms with Crippen molar-refractivity contribution in [3.8, 4) is 5.75 Å². The Morgan fingerprint density at radius 1 is 1.37 bits per heavy atom. The van der Waals surface area contributed by atoms with Gasteiger partial charge in [-0.25, -0.2) is 4.79 Å². The van der Waals surface area contributed by atoms with Crippen LogP contribution in [0.1, 0.15) is 5.56 Å². The van der Waals surface area contributed by atoms with E-state index in [0.29, 0.717) is 17.8 Å². The summed E-state index contributed by atoms with van der Waals surface area (Å²) in [5.74, 6) is 0.911. The molecule has 0 atom stereocenters. The van der Waals surface area contributed by atoms with Crippen LogP contribution >= 0.6 is 11.3 Å². The van der Waals surface area contributed by atoms with E-state index in [9.17, 15) is 4.79 Å². The van der Waals surface area contributed by atoms with Crippen LogP contribution in [0.25, 0.3) is 10.2 Å². The van der Waals surface area contributed by atoms with Crippen molar-refractivity contribution in [2.75, 3.05) is 32.9 Å². The zero-order valence-electron chi connectivity index (χ0n) is 15.1. The molecule has 1 radical (unpaired) electrons. The van der Waals surface area contributed by atoms with Crippen molar-refractivity contribution >= 4 is 48.4 Å². The van der Waals surface area contributed by atoms with E-state index >= 15 is 0 Å². The molecular weight excluding hydrogens is 380 g/mol. The van der Waals surface area contributed by atoms with Gasteiger partial charge in [-0.15, -0.1) is 0 Å². The van der Waals surface area contributed by atoms with Crippen LogP contribution in [0.4, 0.5) is 9.93 Å². The fraction of sp³-hybridized carbons (Fsp3) is 0.500. The second-order valence-corrected chi connectivity index (χ2v) is 10.6. The number of hydrogen-bond donors (Lipinski definition) is 1. The smallest absolute Gasteiger partial charge is 0.429 e. The molecule has 3 aliphatic rings. The number of ether oxygens (including phenoxy) is 2. The van der Waals surface area contributed by atoms with E-state index < -0.39 is 8.96 Å². The minimum atomic E-state index is -0.894. The Bertz CT molecular complexity index is 905. The van der Waals surface area contributed by atoms with Gasteiger partial charge in [0.05, 0.1) is 30.6 Å². The summed E-state index contributed by atoms with van der Waals surface area (Å²) in [4.78, 5) is 23.1. The Kier molecular flexibility index (Phi) is 4.47. The second-order valence-electron chi connectivity index (χ2n) is 7.17. The van der Waals surface area contributed by atoms with Gasteiger partial charge in [0.1, 0.15) is 5.75 Å². The highest BCUT2D eigenvalue weighted by atomic mass is 32.1. The lowest BCUT2D eigenvalue weighted by Gasteiger charge is -2.40. The summed E-state index contributed by atoms with van der Waals surface area (Å²) >= 11 is 1.50. The Balaban J connectivity index is 1.24. The third-order valence-corrected chi connectivity index (χ3v) is 8.78. The molecule has 141 valence electrons. The molecule has 4 heterocycles. The summed E-state index contributed by atoms with van der Waals surface area (Å²) in [5, 5.41) is 0.634. The van der Waals surface area contributed by atoms with Crippen LogP contribution in [0, 0.1) is 0 Å². The zero-order chi connectivity index (χ0) is 18.4. The molecule has 0 bridgehead atoms. The van der Waals surface area contributed by atoms with E-state index in [1.54, 1.807) is 0 Å². The number of nitrogens with one attached hydrogen (secondary N) is 1. The van der Waals surface area contributed by atoms with Gasteiger partial charge >= 0.3 is 11.2 Å². The molecule has 1 aromatic carbocycles. The lowest BCUT2D eigenvalue weighted by Crippen LogP contribution is -2.55. The molecule has 0 spiro atoms. The minimum absolute atomic E-state index is 0.142. The lowest BCUT2D eigenvalue weighted by molar-refractivity contribution is -0.321. The number of carbonyl (C=O) groups excluding carboxylic acids is 1. The van der Waals surface area contributed by atoms with Gasteiger partial charge in [-0.05, 0) is 37.3 Å². The van der Waals surface area contributed by atoms with Crippen molar-refractivity contribution < 1.29 is 18.8 Å². The van der Waals surface area contributed by atoms with E-state index in [-0.39, 0.29) is 6.03 Å². The predicted molar refractivity (Wildman–Crippen MR) is 106 cm³/mol. The maximum Gasteiger partial charge on any atom is 0.429 e. The van der Waals surface area contributed by atoms with E-state index in [2.05, 4.69) is 21.6 Å². The number of rotatable bonds is 3. The number of thiazole rings is 1. The summed E-state index contributed by atoms with van der Waals surface area (Å²) < 4.78 is 13.4. The van der Waals surface area contributed by atoms with Crippen LogP contribution in [0.5, 0.6) is 5.75 Å². The van der Waals surface area contributed by atoms with Crippen LogP contribution in [0.2, 0.25) is 12.1 Å². The van der Waals surface area contributed by atoms with Crippen molar-refractivity contribution in [1.82, 2.24) is 14.9 Å². The van der Waals surface area contributed by atoms with Crippen LogP contribution in [-0.2, 0) is 11.2 Å². The number of hydrogen-bond acceptors (Lipinski definition) is 6. The first-order valence-corrected chi connectivity index (χ1v) is 12.1. The first-order chi connectivity index (χ1) is 13.2. The first kappa shape index (κ1) is 17.3. The Morgan fingerprint density at radius 3 is 2.93 bits per heavy atom. The third kappa shape index (κ3) is 3.18. The summed E-state index contributed by atoms with van der Waals surface area (Å²) in [6, 6.07) is 6.57. The molecule has 1 aromatic heterocycles. The molecule has 2 aromatic rings. The SMILES string of the molecule is C=[N+](C(=O)N[Si]1CCN(C2COC2)CC1)c1nc2c3c(ccc2s1)OCC3. The summed E-state index contributed by atoms with van der Waals surface area (Å²) in [5.41, 5.74) is 2.08. The Morgan fingerprint density at radius 2 is 2.19 bits per heavy atom. The van der Waals surface area contributed by atoms with Gasteiger partial charge in [-0.2, -0.15) is 4.58 Å². The number of aromatic nitrogens is 1. The van der Waals surface area contributed by atoms with Gasteiger partial charge in [-0.1, -0.05) is 16.3 Å². The van der Waals surface area contributed by atoms with Crippen molar-refractivity contribution in [2.24, 2.45) is 0 Å². The molecule has 2 fully saturated rings. The number of amides is 2. The van der Waals surface area contributed by atoms with Gasteiger partial charge in [0.2, 0.25) is 0 Å². The van der Waals surface area contributed by atoms with Crippen molar-refractivity contribution in [3.63, 3.8) is 0 Å². The molecule has 7 nitrogen and oxygen atoms in total. The zero-order valence-corrected chi connectivity index (χ0v) is 16.9. The van der Waals surface area contributed by atoms with Crippen LogP contribution in [-0.4, -0.2) is 75.1 Å². The molecule has 27 heavy (non-hydrogen) atoms. The van der Waals surface area contributed by atoms with E-state index in [4.69, 9.17) is 9.47 Å². The standard InChI is InChI=1S/C18H22N4O3SSi/c1-21(17(23)20-27-8-5-22(6-9-27)12-10-24-11-12)18-19-16-13-4-7-25-14(13)2-3-15(16)26-18/h2-3,12H,1,4-11H2,(H,20,23)/q+1. The first-order valence-electron chi connectivity index (χ1n) is 9.32. The van der Waals surface area contributed by atoms with E-state index in [1.807, 2.05) is 12.1 Å². The number of carbonyl (C=O) groups is 1. The van der Waals surface area contributed by atoms with Gasteiger partial charge in [0, 0.05) is 18.7 Å². The van der Waals surface area contributed by atoms with Crippen molar-refractivity contribution in [1.29, 1.82) is 0 Å². The van der Waals surface area contributed by atoms with Crippen molar-refractivity contribution in [2.45, 2.75) is 24.6 Å². The molecule has 0 aliphatic carbocycles. The number of nitrogens with zero attached hydrogens (tertiary/aromatic N) is 3. The Labute approximate surface area is 163 Å². The van der Waals surface area contributed by atoms with Gasteiger partial charge < -0.3 is 14.5 Å². The molecule has 3 aliphatic heterocycles. The van der Waals surface area contributed by atoms with Gasteiger partial charge in [0.25, 0.3) is 8.96 Å². The molecule has 9 heteroatoms. The van der Waals surface area contributed by atoms with Crippen molar-refractivity contribution in [3.05, 3.63) is 17.7 Å². The van der Waals surface area contributed by atoms with E-state index in [0.717, 1.165) is 66.3 Å². The number of urea groups is 1. The number of fused-ring (bicyclic) bond motifs is 3. The predicted octanol–water partition coefficient (Wildman–Crippen LogP) is 1.99. The maximum atomic E-state index is 12.7. The minimum Gasteiger partial charge on any atom is -0.493 e. The van der Waals surface area contributed by atoms with E-state index in [1.165, 1.54) is 15.9 Å². The molecule has 5 rings (SSSR count). The second kappa shape index (κ2) is 6.97. The van der Waals surface area contributed by atoms with Crippen LogP contribution in [0.3, 0.4) is 0 Å². The monoisotopic (exact) mass is 402 g/mol. The molecule has 2 amide bonds. The molecular formula is C18H22N4O3SSi+. The van der Waals surface area contributed by atoms with Crippen LogP contribution < -0.4 is 9.72 Å². The highest BCUT2D eigenvalue weighted by Gasteiger charge is 2.34. The average molecular weight is 403 g/mol. The summed E-state index contributed by atoms with van der Waals surface area (Å²) in [7, 11) is -0.894. The summed E-state index contributed by atoms with van der Waals surface area (Å²) in [6.45, 7) is 8.46. The fourth-order valence-corrected chi connectivity index (χ4v) is 6.78. The third-order valence-electron chi connectivity index (χ3n) is 5.52. The fourth-order valence-electron chi connectivity index (χ4n) is 3.80. The number of benzene rings is 1. The summed E-state index contributed by atoms with van der Waals surface area (Å²) in [6.07, 6.45) is 0.870. The van der Waals surface area contributed by atoms with Gasteiger partial charge in [0.15, 0.2) is 5.52 Å². The molecule has 2 saturated heterocycles. The largest absolute Gasteiger partial charge is 0.493 e. The quantitative estimate of drug-likeness (QED) is 0.483. The normalized spacial score (nSPS) is 20.9.